The predicted molar refractivity (Wildman–Crippen MR) is 82.6 cm³/mol. The van der Waals surface area contributed by atoms with Crippen LogP contribution in [0, 0.1) is 11.8 Å². The minimum Gasteiger partial charge on any atom is -0.338 e. The van der Waals surface area contributed by atoms with Crippen LogP contribution in [0.4, 0.5) is 0 Å². The van der Waals surface area contributed by atoms with Crippen molar-refractivity contribution in [2.75, 3.05) is 13.1 Å². The third-order valence-corrected chi connectivity index (χ3v) is 4.69. The first kappa shape index (κ1) is 14.3. The van der Waals surface area contributed by atoms with Crippen molar-refractivity contribution in [3.05, 3.63) is 34.9 Å². The zero-order valence-corrected chi connectivity index (χ0v) is 12.9. The number of carbonyl (C=O) groups is 2. The molecule has 0 bridgehead atoms. The van der Waals surface area contributed by atoms with E-state index in [1.54, 1.807) is 0 Å². The molecule has 3 rings (SSSR count). The molecule has 112 valence electrons. The van der Waals surface area contributed by atoms with Crippen LogP contribution in [0.2, 0.25) is 0 Å². The van der Waals surface area contributed by atoms with Crippen molar-refractivity contribution in [3.63, 3.8) is 0 Å². The summed E-state index contributed by atoms with van der Waals surface area (Å²) in [7, 11) is 0. The lowest BCUT2D eigenvalue weighted by Crippen LogP contribution is -2.29. The van der Waals surface area contributed by atoms with E-state index in [9.17, 15) is 9.59 Å². The summed E-state index contributed by atoms with van der Waals surface area (Å²) in [6, 6.07) is 5.58. The molecule has 1 aliphatic carbocycles. The number of rotatable bonds is 3. The van der Waals surface area contributed by atoms with Crippen LogP contribution in [0.1, 0.15) is 59.4 Å². The first-order chi connectivity index (χ1) is 10.1. The van der Waals surface area contributed by atoms with E-state index >= 15 is 0 Å². The van der Waals surface area contributed by atoms with Gasteiger partial charge in [0.25, 0.3) is 5.91 Å². The van der Waals surface area contributed by atoms with Gasteiger partial charge in [-0.25, -0.2) is 0 Å². The van der Waals surface area contributed by atoms with E-state index in [2.05, 4.69) is 13.8 Å². The maximum absolute atomic E-state index is 12.8. The molecule has 1 unspecified atom stereocenters. The largest absolute Gasteiger partial charge is 0.338 e. The fraction of sp³-hybridized carbons (Fsp3) is 0.556. The average Bonchev–Trinajstić information content (AvgIpc) is 3.05. The summed E-state index contributed by atoms with van der Waals surface area (Å²) in [5, 5.41) is 0. The van der Waals surface area contributed by atoms with Crippen molar-refractivity contribution in [2.24, 2.45) is 11.8 Å². The smallest absolute Gasteiger partial charge is 0.254 e. The Morgan fingerprint density at radius 2 is 2.14 bits per heavy atom. The van der Waals surface area contributed by atoms with Gasteiger partial charge in [-0.2, -0.15) is 0 Å². The molecular formula is C18H23NO2. The Morgan fingerprint density at radius 3 is 2.90 bits per heavy atom. The molecule has 2 aliphatic rings. The molecule has 1 aliphatic heterocycles. The highest BCUT2D eigenvalue weighted by Crippen LogP contribution is 2.29. The number of carbonyl (C=O) groups excluding carboxylic acids is 2. The summed E-state index contributed by atoms with van der Waals surface area (Å²) < 4.78 is 0. The predicted octanol–water partition coefficient (Wildman–Crippen LogP) is 3.32. The monoisotopic (exact) mass is 285 g/mol. The van der Waals surface area contributed by atoms with E-state index in [4.69, 9.17) is 0 Å². The molecule has 1 heterocycles. The summed E-state index contributed by atoms with van der Waals surface area (Å²) in [5.74, 6) is 1.61. The highest BCUT2D eigenvalue weighted by Gasteiger charge is 2.31. The Balaban J connectivity index is 1.77. The van der Waals surface area contributed by atoms with E-state index in [-0.39, 0.29) is 11.7 Å². The van der Waals surface area contributed by atoms with Gasteiger partial charge in [-0.15, -0.1) is 0 Å². The molecule has 0 aromatic heterocycles. The topological polar surface area (TPSA) is 37.4 Å². The molecule has 0 saturated carbocycles. The lowest BCUT2D eigenvalue weighted by atomic mass is 9.97. The number of nitrogens with zero attached hydrogens (tertiary/aromatic N) is 1. The molecule has 0 radical (unpaired) electrons. The Labute approximate surface area is 126 Å². The highest BCUT2D eigenvalue weighted by atomic mass is 16.2. The maximum Gasteiger partial charge on any atom is 0.254 e. The molecule has 3 nitrogen and oxygen atoms in total. The van der Waals surface area contributed by atoms with E-state index in [0.717, 1.165) is 42.6 Å². The molecule has 21 heavy (non-hydrogen) atoms. The molecule has 0 N–H and O–H groups in total. The molecule has 0 spiro atoms. The minimum absolute atomic E-state index is 0.118. The van der Waals surface area contributed by atoms with Crippen LogP contribution in [-0.4, -0.2) is 29.7 Å². The summed E-state index contributed by atoms with van der Waals surface area (Å²) in [5.41, 5.74) is 2.49. The van der Waals surface area contributed by atoms with Gasteiger partial charge in [0.1, 0.15) is 0 Å². The Hall–Kier alpha value is -1.64. The highest BCUT2D eigenvalue weighted by molar-refractivity contribution is 6.05. The van der Waals surface area contributed by atoms with Crippen molar-refractivity contribution in [3.8, 4) is 0 Å². The third-order valence-electron chi connectivity index (χ3n) is 4.69. The van der Waals surface area contributed by atoms with Crippen molar-refractivity contribution in [1.29, 1.82) is 0 Å². The second kappa shape index (κ2) is 5.63. The molecule has 1 aromatic carbocycles. The van der Waals surface area contributed by atoms with Crippen molar-refractivity contribution in [2.45, 2.75) is 39.5 Å². The molecule has 1 atom stereocenters. The van der Waals surface area contributed by atoms with Crippen LogP contribution in [0.5, 0.6) is 0 Å². The van der Waals surface area contributed by atoms with Gasteiger partial charge in [-0.05, 0) is 42.7 Å². The molecule has 3 heteroatoms. The van der Waals surface area contributed by atoms with Crippen LogP contribution in [0.3, 0.4) is 0 Å². The summed E-state index contributed by atoms with van der Waals surface area (Å²) in [4.78, 5) is 26.5. The fourth-order valence-electron chi connectivity index (χ4n) is 3.74. The normalized spacial score (nSPS) is 21.2. The third kappa shape index (κ3) is 2.74. The van der Waals surface area contributed by atoms with Crippen LogP contribution < -0.4 is 0 Å². The van der Waals surface area contributed by atoms with Gasteiger partial charge in [0.2, 0.25) is 0 Å². The maximum atomic E-state index is 12.8. The van der Waals surface area contributed by atoms with Crippen molar-refractivity contribution in [1.82, 2.24) is 4.90 Å². The quantitative estimate of drug-likeness (QED) is 0.854. The van der Waals surface area contributed by atoms with Crippen molar-refractivity contribution < 1.29 is 9.59 Å². The minimum atomic E-state index is 0.118. The molecule has 1 amide bonds. The zero-order valence-electron chi connectivity index (χ0n) is 12.9. The van der Waals surface area contributed by atoms with Gasteiger partial charge in [0.05, 0.1) is 0 Å². The van der Waals surface area contributed by atoms with Crippen LogP contribution >= 0.6 is 0 Å². The standard InChI is InChI=1S/C18H23NO2/c1-12(2)10-13-8-9-19(11-13)18(21)16-5-3-4-15-14(16)6-7-17(15)20/h3-5,12-13H,6-11H2,1-2H3. The summed E-state index contributed by atoms with van der Waals surface area (Å²) in [6.45, 7) is 6.20. The van der Waals surface area contributed by atoms with Gasteiger partial charge in [0, 0.05) is 30.6 Å². The lowest BCUT2D eigenvalue weighted by Gasteiger charge is -2.19. The average molecular weight is 285 g/mol. The number of ketones is 1. The molecule has 1 fully saturated rings. The molecule has 1 saturated heterocycles. The second-order valence-electron chi connectivity index (χ2n) is 6.79. The lowest BCUT2D eigenvalue weighted by molar-refractivity contribution is 0.0784. The van der Waals surface area contributed by atoms with Gasteiger partial charge < -0.3 is 4.90 Å². The van der Waals surface area contributed by atoms with Gasteiger partial charge in [0.15, 0.2) is 5.78 Å². The molecule has 1 aromatic rings. The Kier molecular flexibility index (Phi) is 3.83. The number of Topliss-reactive ketones (excluding diaryl/α,β-unsaturated/α-hetero) is 1. The summed E-state index contributed by atoms with van der Waals surface area (Å²) in [6.07, 6.45) is 3.57. The van der Waals surface area contributed by atoms with Crippen molar-refractivity contribution >= 4 is 11.7 Å². The van der Waals surface area contributed by atoms with Gasteiger partial charge in [-0.3, -0.25) is 9.59 Å². The first-order valence-electron chi connectivity index (χ1n) is 8.00. The molecular weight excluding hydrogens is 262 g/mol. The number of benzene rings is 1. The number of likely N-dealkylation sites (tertiary alicyclic amines) is 1. The van der Waals surface area contributed by atoms with Gasteiger partial charge in [-0.1, -0.05) is 26.0 Å². The zero-order chi connectivity index (χ0) is 15.0. The number of hydrogen-bond acceptors (Lipinski definition) is 2. The Bertz CT molecular complexity index is 577. The second-order valence-corrected chi connectivity index (χ2v) is 6.79. The number of fused-ring (bicyclic) bond motifs is 1. The first-order valence-corrected chi connectivity index (χ1v) is 8.00. The van der Waals surface area contributed by atoms with E-state index < -0.39 is 0 Å². The summed E-state index contributed by atoms with van der Waals surface area (Å²) >= 11 is 0. The van der Waals surface area contributed by atoms with Crippen LogP contribution in [-0.2, 0) is 6.42 Å². The number of amides is 1. The van der Waals surface area contributed by atoms with Crippen LogP contribution in [0.25, 0.3) is 0 Å². The SMILES string of the molecule is CC(C)CC1CCN(C(=O)c2cccc3c2CCC3=O)C1. The fourth-order valence-corrected chi connectivity index (χ4v) is 3.74. The van der Waals surface area contributed by atoms with Crippen LogP contribution in [0.15, 0.2) is 18.2 Å². The Morgan fingerprint density at radius 1 is 1.33 bits per heavy atom. The van der Waals surface area contributed by atoms with Gasteiger partial charge >= 0.3 is 0 Å². The van der Waals surface area contributed by atoms with E-state index in [1.807, 2.05) is 23.1 Å². The van der Waals surface area contributed by atoms with E-state index in [0.29, 0.717) is 18.3 Å². The van der Waals surface area contributed by atoms with E-state index in [1.165, 1.54) is 6.42 Å². The number of hydrogen-bond donors (Lipinski definition) is 0.